The summed E-state index contributed by atoms with van der Waals surface area (Å²) < 4.78 is 1.86. The summed E-state index contributed by atoms with van der Waals surface area (Å²) in [4.78, 5) is 0. The Morgan fingerprint density at radius 2 is 2.54 bits per heavy atom. The van der Waals surface area contributed by atoms with Gasteiger partial charge in [0, 0.05) is 30.1 Å². The lowest BCUT2D eigenvalue weighted by molar-refractivity contribution is 0.575. The number of nitrogens with two attached hydrogens (primary N) is 1. The van der Waals surface area contributed by atoms with Crippen molar-refractivity contribution in [1.29, 1.82) is 0 Å². The summed E-state index contributed by atoms with van der Waals surface area (Å²) in [5.41, 5.74) is 7.25. The fraction of sp³-hybridized carbons (Fsp3) is 0.667. The number of aryl methyl sites for hydroxylation is 1. The van der Waals surface area contributed by atoms with Crippen molar-refractivity contribution in [2.45, 2.75) is 24.1 Å². The zero-order chi connectivity index (χ0) is 9.26. The van der Waals surface area contributed by atoms with Gasteiger partial charge in [0.05, 0.1) is 6.20 Å². The number of hydrogen-bond acceptors (Lipinski definition) is 3. The van der Waals surface area contributed by atoms with Crippen LogP contribution in [0.2, 0.25) is 0 Å². The van der Waals surface area contributed by atoms with Gasteiger partial charge >= 0.3 is 0 Å². The van der Waals surface area contributed by atoms with E-state index in [1.165, 1.54) is 11.3 Å². The highest BCUT2D eigenvalue weighted by Gasteiger charge is 2.21. The normalized spacial score (nSPS) is 29.1. The molecule has 2 unspecified atom stereocenters. The lowest BCUT2D eigenvalue weighted by atomic mass is 10.1. The first-order chi connectivity index (χ1) is 6.25. The average molecular weight is 197 g/mol. The van der Waals surface area contributed by atoms with Crippen molar-refractivity contribution >= 4 is 11.8 Å². The molecule has 72 valence electrons. The molecule has 4 heteroatoms. The Morgan fingerprint density at radius 3 is 3.15 bits per heavy atom. The first-order valence-corrected chi connectivity index (χ1v) is 5.66. The second-order valence-electron chi connectivity index (χ2n) is 3.59. The molecule has 1 aromatic heterocycles. The maximum absolute atomic E-state index is 5.93. The van der Waals surface area contributed by atoms with Crippen LogP contribution in [0.3, 0.4) is 0 Å². The molecule has 2 atom stereocenters. The van der Waals surface area contributed by atoms with Crippen molar-refractivity contribution in [3.05, 3.63) is 18.0 Å². The van der Waals surface area contributed by atoms with E-state index in [0.717, 1.165) is 12.8 Å². The van der Waals surface area contributed by atoms with E-state index in [0.29, 0.717) is 11.3 Å². The molecular weight excluding hydrogens is 182 g/mol. The van der Waals surface area contributed by atoms with Gasteiger partial charge in [-0.2, -0.15) is 16.9 Å². The van der Waals surface area contributed by atoms with Gasteiger partial charge in [-0.1, -0.05) is 0 Å². The molecule has 1 saturated heterocycles. The van der Waals surface area contributed by atoms with Crippen molar-refractivity contribution in [2.24, 2.45) is 12.8 Å². The minimum absolute atomic E-state index is 0.381. The highest BCUT2D eigenvalue weighted by Crippen LogP contribution is 2.37. The Balaban J connectivity index is 2.08. The maximum atomic E-state index is 5.93. The van der Waals surface area contributed by atoms with Gasteiger partial charge in [-0.05, 0) is 18.6 Å². The SMILES string of the molecule is Cn1cc(C2CC(N)CCS2)cn1. The van der Waals surface area contributed by atoms with Crippen LogP contribution in [0, 0.1) is 0 Å². The van der Waals surface area contributed by atoms with Crippen LogP contribution in [-0.2, 0) is 7.05 Å². The summed E-state index contributed by atoms with van der Waals surface area (Å²) in [6.45, 7) is 0. The first kappa shape index (κ1) is 9.09. The van der Waals surface area contributed by atoms with E-state index in [1.54, 1.807) is 0 Å². The lowest BCUT2D eigenvalue weighted by Crippen LogP contribution is -2.26. The molecule has 0 aliphatic carbocycles. The molecule has 0 saturated carbocycles. The molecule has 0 radical (unpaired) electrons. The fourth-order valence-electron chi connectivity index (χ4n) is 1.66. The second kappa shape index (κ2) is 3.72. The number of thioether (sulfide) groups is 1. The Bertz CT molecular complexity index is 284. The largest absolute Gasteiger partial charge is 0.328 e. The van der Waals surface area contributed by atoms with E-state index < -0.39 is 0 Å². The smallest absolute Gasteiger partial charge is 0.0532 e. The van der Waals surface area contributed by atoms with Gasteiger partial charge in [0.1, 0.15) is 0 Å². The van der Waals surface area contributed by atoms with Crippen LogP contribution in [-0.4, -0.2) is 21.6 Å². The molecule has 1 aromatic rings. The Hall–Kier alpha value is -0.480. The Kier molecular flexibility index (Phi) is 2.60. The molecule has 0 amide bonds. The molecule has 13 heavy (non-hydrogen) atoms. The minimum atomic E-state index is 0.381. The second-order valence-corrected chi connectivity index (χ2v) is 4.90. The van der Waals surface area contributed by atoms with Crippen LogP contribution in [0.25, 0.3) is 0 Å². The topological polar surface area (TPSA) is 43.8 Å². The number of hydrogen-bond donors (Lipinski definition) is 1. The summed E-state index contributed by atoms with van der Waals surface area (Å²) in [7, 11) is 1.96. The third-order valence-corrected chi connectivity index (χ3v) is 3.76. The molecule has 0 spiro atoms. The molecule has 1 aliphatic rings. The van der Waals surface area contributed by atoms with Crippen molar-refractivity contribution in [3.63, 3.8) is 0 Å². The third kappa shape index (κ3) is 2.06. The van der Waals surface area contributed by atoms with Gasteiger partial charge in [-0.25, -0.2) is 0 Å². The van der Waals surface area contributed by atoms with Gasteiger partial charge in [-0.15, -0.1) is 0 Å². The molecule has 2 N–H and O–H groups in total. The van der Waals surface area contributed by atoms with Crippen LogP contribution in [0.5, 0.6) is 0 Å². The van der Waals surface area contributed by atoms with Gasteiger partial charge in [-0.3, -0.25) is 4.68 Å². The lowest BCUT2D eigenvalue weighted by Gasteiger charge is -2.25. The molecule has 1 fully saturated rings. The zero-order valence-electron chi connectivity index (χ0n) is 7.81. The molecule has 2 rings (SSSR count). The van der Waals surface area contributed by atoms with Gasteiger partial charge in [0.2, 0.25) is 0 Å². The molecule has 2 heterocycles. The van der Waals surface area contributed by atoms with E-state index >= 15 is 0 Å². The minimum Gasteiger partial charge on any atom is -0.328 e. The van der Waals surface area contributed by atoms with E-state index in [9.17, 15) is 0 Å². The predicted octanol–water partition coefficient (Wildman–Crippen LogP) is 1.32. The van der Waals surface area contributed by atoms with Crippen LogP contribution in [0.1, 0.15) is 23.7 Å². The molecule has 0 aromatic carbocycles. The first-order valence-electron chi connectivity index (χ1n) is 4.61. The maximum Gasteiger partial charge on any atom is 0.0532 e. The molecule has 0 bridgehead atoms. The summed E-state index contributed by atoms with van der Waals surface area (Å²) in [6, 6.07) is 0.381. The highest BCUT2D eigenvalue weighted by atomic mass is 32.2. The van der Waals surface area contributed by atoms with Crippen LogP contribution in [0.15, 0.2) is 12.4 Å². The molecule has 3 nitrogen and oxygen atoms in total. The van der Waals surface area contributed by atoms with Crippen molar-refractivity contribution in [2.75, 3.05) is 5.75 Å². The Morgan fingerprint density at radius 1 is 1.69 bits per heavy atom. The Labute approximate surface area is 82.7 Å². The monoisotopic (exact) mass is 197 g/mol. The molecular formula is C9H15N3S. The van der Waals surface area contributed by atoms with Gasteiger partial charge in [0.15, 0.2) is 0 Å². The van der Waals surface area contributed by atoms with E-state index in [4.69, 9.17) is 5.73 Å². The number of nitrogens with zero attached hydrogens (tertiary/aromatic N) is 2. The number of rotatable bonds is 1. The standard InChI is InChI=1S/C9H15N3S/c1-12-6-7(5-11-12)9-4-8(10)2-3-13-9/h5-6,8-9H,2-4,10H2,1H3. The molecule has 1 aliphatic heterocycles. The number of aromatic nitrogens is 2. The summed E-state index contributed by atoms with van der Waals surface area (Å²) in [6.07, 6.45) is 6.29. The summed E-state index contributed by atoms with van der Waals surface area (Å²) >= 11 is 2.00. The predicted molar refractivity (Wildman–Crippen MR) is 55.6 cm³/mol. The third-order valence-electron chi connectivity index (χ3n) is 2.42. The van der Waals surface area contributed by atoms with Crippen molar-refractivity contribution in [3.8, 4) is 0 Å². The zero-order valence-corrected chi connectivity index (χ0v) is 8.63. The summed E-state index contributed by atoms with van der Waals surface area (Å²) in [5, 5.41) is 4.75. The van der Waals surface area contributed by atoms with Crippen molar-refractivity contribution in [1.82, 2.24) is 9.78 Å². The van der Waals surface area contributed by atoms with Gasteiger partial charge in [0.25, 0.3) is 0 Å². The highest BCUT2D eigenvalue weighted by molar-refractivity contribution is 7.99. The van der Waals surface area contributed by atoms with Crippen LogP contribution >= 0.6 is 11.8 Å². The summed E-state index contributed by atoms with van der Waals surface area (Å²) in [5.74, 6) is 1.18. The quantitative estimate of drug-likeness (QED) is 0.738. The average Bonchev–Trinajstić information content (AvgIpc) is 2.52. The fourth-order valence-corrected chi connectivity index (χ4v) is 3.08. The van der Waals surface area contributed by atoms with Crippen molar-refractivity contribution < 1.29 is 0 Å². The van der Waals surface area contributed by atoms with Crippen LogP contribution in [0.4, 0.5) is 0 Å². The van der Waals surface area contributed by atoms with E-state index in [1.807, 2.05) is 29.7 Å². The van der Waals surface area contributed by atoms with Gasteiger partial charge < -0.3 is 5.73 Å². The van der Waals surface area contributed by atoms with E-state index in [2.05, 4.69) is 11.3 Å². The van der Waals surface area contributed by atoms with Crippen LogP contribution < -0.4 is 5.73 Å². The van der Waals surface area contributed by atoms with E-state index in [-0.39, 0.29) is 0 Å².